The summed E-state index contributed by atoms with van der Waals surface area (Å²) in [6.07, 6.45) is 0. The second-order valence-electron chi connectivity index (χ2n) is 3.91. The van der Waals surface area contributed by atoms with Crippen LogP contribution >= 0.6 is 0 Å². The van der Waals surface area contributed by atoms with Gasteiger partial charge in [-0.2, -0.15) is 0 Å². The van der Waals surface area contributed by atoms with Crippen LogP contribution < -0.4 is 5.73 Å². The van der Waals surface area contributed by atoms with E-state index in [0.717, 1.165) is 0 Å². The Hall–Kier alpha value is -2.34. The van der Waals surface area contributed by atoms with E-state index < -0.39 is 15.8 Å². The van der Waals surface area contributed by atoms with Gasteiger partial charge in [0.15, 0.2) is 0 Å². The molecule has 0 atom stereocenters. The molecule has 98 valence electrons. The molecule has 0 saturated heterocycles. The number of carboxylic acids is 1. The number of sulfone groups is 1. The minimum Gasteiger partial charge on any atom is -0.478 e. The first kappa shape index (κ1) is 13.1. The fourth-order valence-electron chi connectivity index (χ4n) is 1.59. The molecule has 0 aliphatic heterocycles. The van der Waals surface area contributed by atoms with Crippen LogP contribution in [0.1, 0.15) is 10.4 Å². The molecule has 3 N–H and O–H groups in total. The third kappa shape index (κ3) is 2.58. The molecule has 0 saturated carbocycles. The third-order valence-electron chi connectivity index (χ3n) is 2.58. The Kier molecular flexibility index (Phi) is 3.26. The van der Waals surface area contributed by atoms with Crippen LogP contribution in [0.25, 0.3) is 0 Å². The maximum Gasteiger partial charge on any atom is 0.335 e. The molecule has 19 heavy (non-hydrogen) atoms. The third-order valence-corrected chi connectivity index (χ3v) is 4.35. The summed E-state index contributed by atoms with van der Waals surface area (Å²) in [4.78, 5) is 10.8. The van der Waals surface area contributed by atoms with Crippen molar-refractivity contribution in [2.24, 2.45) is 0 Å². The van der Waals surface area contributed by atoms with Crippen LogP contribution in [0.5, 0.6) is 0 Å². The summed E-state index contributed by atoms with van der Waals surface area (Å²) in [6, 6.07) is 11.0. The van der Waals surface area contributed by atoms with E-state index in [1.807, 2.05) is 0 Å². The van der Waals surface area contributed by atoms with E-state index in [2.05, 4.69) is 0 Å². The number of benzene rings is 2. The van der Waals surface area contributed by atoms with Crippen molar-refractivity contribution in [2.75, 3.05) is 5.73 Å². The molecule has 2 aromatic rings. The quantitative estimate of drug-likeness (QED) is 0.834. The average Bonchev–Trinajstić information content (AvgIpc) is 2.39. The minimum absolute atomic E-state index is 0.0306. The molecule has 0 aliphatic rings. The number of hydrogen-bond donors (Lipinski definition) is 2. The zero-order valence-electron chi connectivity index (χ0n) is 9.78. The molecule has 0 unspecified atom stereocenters. The molecule has 0 heterocycles. The van der Waals surface area contributed by atoms with Crippen LogP contribution in [-0.4, -0.2) is 19.5 Å². The van der Waals surface area contributed by atoms with E-state index >= 15 is 0 Å². The molecule has 6 heteroatoms. The Labute approximate surface area is 110 Å². The van der Waals surface area contributed by atoms with Crippen molar-refractivity contribution >= 4 is 21.5 Å². The second-order valence-corrected chi connectivity index (χ2v) is 5.86. The Balaban J connectivity index is 2.48. The standard InChI is InChI=1S/C13H11NO4S/c14-10-2-1-3-12(8-10)19(17,18)11-6-4-9(5-7-11)13(15)16/h1-8H,14H2,(H,15,16). The van der Waals surface area contributed by atoms with Gasteiger partial charge in [0.05, 0.1) is 15.4 Å². The van der Waals surface area contributed by atoms with E-state index in [0.29, 0.717) is 5.69 Å². The SMILES string of the molecule is Nc1cccc(S(=O)(=O)c2ccc(C(=O)O)cc2)c1. The van der Waals surface area contributed by atoms with E-state index in [1.54, 1.807) is 12.1 Å². The number of aromatic carboxylic acids is 1. The highest BCUT2D eigenvalue weighted by atomic mass is 32.2. The summed E-state index contributed by atoms with van der Waals surface area (Å²) in [6.45, 7) is 0. The van der Waals surface area contributed by atoms with Crippen LogP contribution in [0.2, 0.25) is 0 Å². The summed E-state index contributed by atoms with van der Waals surface area (Å²) >= 11 is 0. The zero-order valence-corrected chi connectivity index (χ0v) is 10.6. The minimum atomic E-state index is -3.68. The number of hydrogen-bond acceptors (Lipinski definition) is 4. The summed E-state index contributed by atoms with van der Waals surface area (Å²) in [7, 11) is -3.68. The molecule has 5 nitrogen and oxygen atoms in total. The first-order chi connectivity index (χ1) is 8.91. The molecular weight excluding hydrogens is 266 g/mol. The fourth-order valence-corrected chi connectivity index (χ4v) is 2.91. The van der Waals surface area contributed by atoms with Gasteiger partial charge in [0.25, 0.3) is 0 Å². The maximum atomic E-state index is 12.3. The van der Waals surface area contributed by atoms with Crippen molar-refractivity contribution in [3.05, 3.63) is 54.1 Å². The molecular formula is C13H11NO4S. The topological polar surface area (TPSA) is 97.5 Å². The number of anilines is 1. The van der Waals surface area contributed by atoms with Crippen LogP contribution in [0.4, 0.5) is 5.69 Å². The molecule has 0 bridgehead atoms. The highest BCUT2D eigenvalue weighted by Crippen LogP contribution is 2.22. The highest BCUT2D eigenvalue weighted by molar-refractivity contribution is 7.91. The first-order valence-corrected chi connectivity index (χ1v) is 6.83. The van der Waals surface area contributed by atoms with Crippen LogP contribution in [0.3, 0.4) is 0 Å². The molecule has 2 rings (SSSR count). The van der Waals surface area contributed by atoms with Gasteiger partial charge < -0.3 is 10.8 Å². The van der Waals surface area contributed by atoms with Gasteiger partial charge in [-0.3, -0.25) is 0 Å². The van der Waals surface area contributed by atoms with Gasteiger partial charge in [0, 0.05) is 5.69 Å². The Morgan fingerprint density at radius 2 is 1.63 bits per heavy atom. The summed E-state index contributed by atoms with van der Waals surface area (Å²) in [5.74, 6) is -1.10. The van der Waals surface area contributed by atoms with Crippen molar-refractivity contribution in [2.45, 2.75) is 9.79 Å². The van der Waals surface area contributed by atoms with Gasteiger partial charge in [-0.25, -0.2) is 13.2 Å². The molecule has 0 amide bonds. The average molecular weight is 277 g/mol. The predicted molar refractivity (Wildman–Crippen MR) is 69.7 cm³/mol. The van der Waals surface area contributed by atoms with Gasteiger partial charge in [-0.15, -0.1) is 0 Å². The largest absolute Gasteiger partial charge is 0.478 e. The van der Waals surface area contributed by atoms with Gasteiger partial charge >= 0.3 is 5.97 Å². The first-order valence-electron chi connectivity index (χ1n) is 5.35. The van der Waals surface area contributed by atoms with Crippen molar-refractivity contribution in [1.82, 2.24) is 0 Å². The lowest BCUT2D eigenvalue weighted by atomic mass is 10.2. The molecule has 0 fully saturated rings. The Morgan fingerprint density at radius 3 is 2.16 bits per heavy atom. The van der Waals surface area contributed by atoms with Crippen molar-refractivity contribution < 1.29 is 18.3 Å². The smallest absolute Gasteiger partial charge is 0.335 e. The van der Waals surface area contributed by atoms with Crippen molar-refractivity contribution in [3.8, 4) is 0 Å². The summed E-state index contributed by atoms with van der Waals surface area (Å²) in [5.41, 5.74) is 5.94. The Bertz CT molecular complexity index is 721. The molecule has 0 radical (unpaired) electrons. The fraction of sp³-hybridized carbons (Fsp3) is 0. The number of nitrogens with two attached hydrogens (primary N) is 1. The highest BCUT2D eigenvalue weighted by Gasteiger charge is 2.18. The van der Waals surface area contributed by atoms with Crippen LogP contribution in [0, 0.1) is 0 Å². The van der Waals surface area contributed by atoms with Crippen LogP contribution in [-0.2, 0) is 9.84 Å². The van der Waals surface area contributed by atoms with E-state index in [4.69, 9.17) is 10.8 Å². The van der Waals surface area contributed by atoms with Crippen molar-refractivity contribution in [3.63, 3.8) is 0 Å². The summed E-state index contributed by atoms with van der Waals surface area (Å²) in [5, 5.41) is 8.77. The predicted octanol–water partition coefficient (Wildman–Crippen LogP) is 1.80. The Morgan fingerprint density at radius 1 is 1.00 bits per heavy atom. The maximum absolute atomic E-state index is 12.3. The monoisotopic (exact) mass is 277 g/mol. The van der Waals surface area contributed by atoms with E-state index in [1.165, 1.54) is 36.4 Å². The van der Waals surface area contributed by atoms with E-state index in [9.17, 15) is 13.2 Å². The van der Waals surface area contributed by atoms with Gasteiger partial charge in [-0.05, 0) is 42.5 Å². The second kappa shape index (κ2) is 4.74. The van der Waals surface area contributed by atoms with E-state index in [-0.39, 0.29) is 15.4 Å². The van der Waals surface area contributed by atoms with Gasteiger partial charge in [-0.1, -0.05) is 6.07 Å². The number of carboxylic acid groups (broad SMARTS) is 1. The number of nitrogen functional groups attached to an aromatic ring is 1. The summed E-state index contributed by atoms with van der Waals surface area (Å²) < 4.78 is 24.5. The lowest BCUT2D eigenvalue weighted by Gasteiger charge is -2.05. The van der Waals surface area contributed by atoms with Gasteiger partial charge in [0.1, 0.15) is 0 Å². The van der Waals surface area contributed by atoms with Gasteiger partial charge in [0.2, 0.25) is 9.84 Å². The molecule has 0 aliphatic carbocycles. The number of carbonyl (C=O) groups is 1. The van der Waals surface area contributed by atoms with Crippen molar-refractivity contribution in [1.29, 1.82) is 0 Å². The van der Waals surface area contributed by atoms with Crippen LogP contribution in [0.15, 0.2) is 58.3 Å². The molecule has 0 aromatic heterocycles. The molecule has 2 aromatic carbocycles. The lowest BCUT2D eigenvalue weighted by molar-refractivity contribution is 0.0697. The normalized spacial score (nSPS) is 11.2. The lowest BCUT2D eigenvalue weighted by Crippen LogP contribution is -2.04. The zero-order chi connectivity index (χ0) is 14.0. The molecule has 0 spiro atoms. The number of rotatable bonds is 3.